The van der Waals surface area contributed by atoms with Crippen molar-refractivity contribution >= 4 is 22.3 Å². The average Bonchev–Trinajstić information content (AvgIpc) is 2.41. The Kier molecular flexibility index (Phi) is 3.23. The lowest BCUT2D eigenvalue weighted by molar-refractivity contribution is -0.383. The minimum Gasteiger partial charge on any atom is -0.393 e. The van der Waals surface area contributed by atoms with E-state index in [1.807, 2.05) is 12.1 Å². The number of fused-ring (bicyclic) bond motifs is 1. The van der Waals surface area contributed by atoms with Crippen molar-refractivity contribution in [2.75, 3.05) is 11.9 Å². The summed E-state index contributed by atoms with van der Waals surface area (Å²) in [6, 6.07) is 6.77. The van der Waals surface area contributed by atoms with Crippen molar-refractivity contribution in [3.8, 4) is 0 Å². The van der Waals surface area contributed by atoms with Crippen LogP contribution in [0.5, 0.6) is 0 Å². The smallest absolute Gasteiger partial charge is 0.295 e. The number of nitro benzene ring substituents is 1. The van der Waals surface area contributed by atoms with Crippen molar-refractivity contribution < 1.29 is 10.0 Å². The zero-order valence-electron chi connectivity index (χ0n) is 10.8. The van der Waals surface area contributed by atoms with E-state index in [2.05, 4.69) is 10.3 Å². The van der Waals surface area contributed by atoms with Crippen LogP contribution in [0.15, 0.2) is 30.5 Å². The van der Waals surface area contributed by atoms with E-state index in [0.717, 1.165) is 30.5 Å². The molecule has 0 aliphatic heterocycles. The van der Waals surface area contributed by atoms with Gasteiger partial charge < -0.3 is 10.4 Å². The molecule has 0 bridgehead atoms. The molecule has 0 unspecified atom stereocenters. The second kappa shape index (κ2) is 5.05. The Hall–Kier alpha value is -2.21. The Balaban J connectivity index is 1.87. The van der Waals surface area contributed by atoms with Crippen molar-refractivity contribution in [1.82, 2.24) is 4.98 Å². The van der Waals surface area contributed by atoms with E-state index < -0.39 is 4.92 Å². The van der Waals surface area contributed by atoms with Crippen LogP contribution in [0.25, 0.3) is 10.9 Å². The molecule has 20 heavy (non-hydrogen) atoms. The van der Waals surface area contributed by atoms with Crippen molar-refractivity contribution in [3.05, 3.63) is 40.6 Å². The number of aliphatic hydroxyl groups is 1. The van der Waals surface area contributed by atoms with Gasteiger partial charge in [0.15, 0.2) is 0 Å². The van der Waals surface area contributed by atoms with Crippen molar-refractivity contribution in [2.24, 2.45) is 5.92 Å². The van der Waals surface area contributed by atoms with Crippen LogP contribution >= 0.6 is 0 Å². The number of nitrogens with zero attached hydrogens (tertiary/aromatic N) is 2. The Morgan fingerprint density at radius 2 is 2.20 bits per heavy atom. The topological polar surface area (TPSA) is 88.3 Å². The fraction of sp³-hybridized carbons (Fsp3) is 0.357. The van der Waals surface area contributed by atoms with E-state index in [0.29, 0.717) is 11.4 Å². The standard InChI is InChI=1S/C14H15N3O3/c18-10-6-9(7-10)8-16-12-4-5-15-14-11(12)2-1-3-13(14)17(19)20/h1-5,9-10,18H,6-8H2,(H,15,16). The SMILES string of the molecule is O=[N+]([O-])c1cccc2c(NCC3CC(O)C3)ccnc12. The minimum absolute atomic E-state index is 0.0187. The molecule has 0 saturated heterocycles. The monoisotopic (exact) mass is 273 g/mol. The van der Waals surface area contributed by atoms with Crippen LogP contribution in [-0.4, -0.2) is 27.7 Å². The number of hydrogen-bond donors (Lipinski definition) is 2. The zero-order valence-corrected chi connectivity index (χ0v) is 10.8. The first-order chi connectivity index (χ1) is 9.65. The molecule has 0 atom stereocenters. The molecule has 1 aliphatic carbocycles. The molecule has 1 aromatic heterocycles. The molecule has 1 saturated carbocycles. The molecule has 1 heterocycles. The van der Waals surface area contributed by atoms with Crippen molar-refractivity contribution in [3.63, 3.8) is 0 Å². The number of pyridine rings is 1. The maximum absolute atomic E-state index is 11.0. The van der Waals surface area contributed by atoms with E-state index in [-0.39, 0.29) is 11.8 Å². The third-order valence-corrected chi connectivity index (χ3v) is 3.74. The highest BCUT2D eigenvalue weighted by atomic mass is 16.6. The molecule has 3 rings (SSSR count). The van der Waals surface area contributed by atoms with Crippen LogP contribution in [0, 0.1) is 16.0 Å². The van der Waals surface area contributed by atoms with Gasteiger partial charge in [0, 0.05) is 29.9 Å². The van der Waals surface area contributed by atoms with Crippen molar-refractivity contribution in [1.29, 1.82) is 0 Å². The van der Waals surface area contributed by atoms with Gasteiger partial charge in [0.25, 0.3) is 5.69 Å². The summed E-state index contributed by atoms with van der Waals surface area (Å²) < 4.78 is 0. The second-order valence-corrected chi connectivity index (χ2v) is 5.16. The first kappa shape index (κ1) is 12.8. The highest BCUT2D eigenvalue weighted by Gasteiger charge is 2.26. The molecular formula is C14H15N3O3. The van der Waals surface area contributed by atoms with Crippen LogP contribution in [0.4, 0.5) is 11.4 Å². The number of rotatable bonds is 4. The normalized spacial score (nSPS) is 21.4. The number of aliphatic hydroxyl groups excluding tert-OH is 1. The zero-order chi connectivity index (χ0) is 14.1. The molecule has 1 aliphatic rings. The number of non-ortho nitro benzene ring substituents is 1. The van der Waals surface area contributed by atoms with Gasteiger partial charge in [-0.25, -0.2) is 4.98 Å². The maximum Gasteiger partial charge on any atom is 0.295 e. The number of nitro groups is 1. The van der Waals surface area contributed by atoms with E-state index in [1.165, 1.54) is 6.07 Å². The predicted molar refractivity (Wildman–Crippen MR) is 75.6 cm³/mol. The van der Waals surface area contributed by atoms with Crippen LogP contribution < -0.4 is 5.32 Å². The molecule has 1 fully saturated rings. The first-order valence-corrected chi connectivity index (χ1v) is 6.59. The van der Waals surface area contributed by atoms with E-state index in [1.54, 1.807) is 12.3 Å². The number of anilines is 1. The van der Waals surface area contributed by atoms with Crippen LogP contribution in [0.1, 0.15) is 12.8 Å². The lowest BCUT2D eigenvalue weighted by atomic mass is 9.82. The van der Waals surface area contributed by atoms with Gasteiger partial charge in [-0.05, 0) is 24.8 Å². The highest BCUT2D eigenvalue weighted by molar-refractivity contribution is 5.96. The second-order valence-electron chi connectivity index (χ2n) is 5.16. The lowest BCUT2D eigenvalue weighted by Crippen LogP contribution is -2.33. The highest BCUT2D eigenvalue weighted by Crippen LogP contribution is 2.31. The van der Waals surface area contributed by atoms with E-state index >= 15 is 0 Å². The summed E-state index contributed by atoms with van der Waals surface area (Å²) in [5.74, 6) is 0.465. The van der Waals surface area contributed by atoms with Crippen LogP contribution in [-0.2, 0) is 0 Å². The van der Waals surface area contributed by atoms with Gasteiger partial charge in [-0.3, -0.25) is 10.1 Å². The number of para-hydroxylation sites is 1. The third-order valence-electron chi connectivity index (χ3n) is 3.74. The summed E-state index contributed by atoms with van der Waals surface area (Å²) in [5, 5.41) is 24.3. The summed E-state index contributed by atoms with van der Waals surface area (Å²) in [4.78, 5) is 14.7. The molecule has 2 N–H and O–H groups in total. The summed E-state index contributed by atoms with van der Waals surface area (Å²) in [6.45, 7) is 0.763. The van der Waals surface area contributed by atoms with Crippen molar-refractivity contribution in [2.45, 2.75) is 18.9 Å². The quantitative estimate of drug-likeness (QED) is 0.659. The molecule has 0 radical (unpaired) electrons. The molecule has 104 valence electrons. The fourth-order valence-corrected chi connectivity index (χ4v) is 2.58. The summed E-state index contributed by atoms with van der Waals surface area (Å²) >= 11 is 0. The Bertz CT molecular complexity index is 653. The molecular weight excluding hydrogens is 258 g/mol. The summed E-state index contributed by atoms with van der Waals surface area (Å²) in [7, 11) is 0. The van der Waals surface area contributed by atoms with Gasteiger partial charge in [0.2, 0.25) is 0 Å². The number of nitrogens with one attached hydrogen (secondary N) is 1. The van der Waals surface area contributed by atoms with Crippen LogP contribution in [0.3, 0.4) is 0 Å². The van der Waals surface area contributed by atoms with Gasteiger partial charge >= 0.3 is 0 Å². The molecule has 0 amide bonds. The Morgan fingerprint density at radius 1 is 1.40 bits per heavy atom. The van der Waals surface area contributed by atoms with Gasteiger partial charge in [-0.15, -0.1) is 0 Å². The molecule has 1 aromatic carbocycles. The molecule has 2 aromatic rings. The van der Waals surface area contributed by atoms with E-state index in [9.17, 15) is 15.2 Å². The van der Waals surface area contributed by atoms with Gasteiger partial charge in [-0.1, -0.05) is 12.1 Å². The third kappa shape index (κ3) is 2.30. The molecule has 6 nitrogen and oxygen atoms in total. The summed E-state index contributed by atoms with van der Waals surface area (Å²) in [6.07, 6.45) is 3.04. The Morgan fingerprint density at radius 3 is 2.90 bits per heavy atom. The largest absolute Gasteiger partial charge is 0.393 e. The van der Waals surface area contributed by atoms with E-state index in [4.69, 9.17) is 0 Å². The predicted octanol–water partition coefficient (Wildman–Crippen LogP) is 2.33. The number of benzene rings is 1. The fourth-order valence-electron chi connectivity index (χ4n) is 2.58. The molecule has 0 spiro atoms. The molecule has 6 heteroatoms. The van der Waals surface area contributed by atoms with Gasteiger partial charge in [0.05, 0.1) is 11.0 Å². The Labute approximate surface area is 115 Å². The number of aromatic nitrogens is 1. The average molecular weight is 273 g/mol. The summed E-state index contributed by atoms with van der Waals surface area (Å²) in [5.41, 5.74) is 1.27. The van der Waals surface area contributed by atoms with Gasteiger partial charge in [0.1, 0.15) is 5.52 Å². The first-order valence-electron chi connectivity index (χ1n) is 6.59. The number of hydrogen-bond acceptors (Lipinski definition) is 5. The maximum atomic E-state index is 11.0. The van der Waals surface area contributed by atoms with Crippen LogP contribution in [0.2, 0.25) is 0 Å². The minimum atomic E-state index is -0.415. The van der Waals surface area contributed by atoms with Gasteiger partial charge in [-0.2, -0.15) is 0 Å². The lowest BCUT2D eigenvalue weighted by Gasteiger charge is -2.31.